The summed E-state index contributed by atoms with van der Waals surface area (Å²) in [4.78, 5) is 2.52. The lowest BCUT2D eigenvalue weighted by Crippen LogP contribution is -2.49. The van der Waals surface area contributed by atoms with Gasteiger partial charge in [0.15, 0.2) is 0 Å². The highest BCUT2D eigenvalue weighted by Gasteiger charge is 2.26. The SMILES string of the molecule is CCC1COC(C)CN1CCCC(C)(C#N)NC. The standard InChI is InChI=1S/C14H27N3O/c1-5-13-10-18-12(2)9-17(13)8-6-7-14(3,11-15)16-4/h12-13,16H,5-10H2,1-4H3. The highest BCUT2D eigenvalue weighted by molar-refractivity contribution is 5.02. The van der Waals surface area contributed by atoms with E-state index in [0.717, 1.165) is 39.0 Å². The minimum Gasteiger partial charge on any atom is -0.376 e. The second-order valence-electron chi connectivity index (χ2n) is 5.50. The predicted molar refractivity (Wildman–Crippen MR) is 73.4 cm³/mol. The molecule has 104 valence electrons. The van der Waals surface area contributed by atoms with Crippen molar-refractivity contribution in [3.05, 3.63) is 0 Å². The first-order valence-electron chi connectivity index (χ1n) is 7.00. The number of rotatable bonds is 6. The zero-order valence-corrected chi connectivity index (χ0v) is 12.2. The van der Waals surface area contributed by atoms with Crippen molar-refractivity contribution in [1.29, 1.82) is 5.26 Å². The van der Waals surface area contributed by atoms with E-state index in [1.165, 1.54) is 0 Å². The maximum atomic E-state index is 9.12. The molecule has 4 heteroatoms. The number of nitriles is 1. The van der Waals surface area contributed by atoms with Crippen LogP contribution >= 0.6 is 0 Å². The lowest BCUT2D eigenvalue weighted by Gasteiger charge is -2.38. The van der Waals surface area contributed by atoms with Gasteiger partial charge >= 0.3 is 0 Å². The van der Waals surface area contributed by atoms with Crippen LogP contribution in [0, 0.1) is 11.3 Å². The Morgan fingerprint density at radius 3 is 2.83 bits per heavy atom. The van der Waals surface area contributed by atoms with Crippen LogP contribution in [0.3, 0.4) is 0 Å². The lowest BCUT2D eigenvalue weighted by molar-refractivity contribution is -0.0563. The number of nitrogens with zero attached hydrogens (tertiary/aromatic N) is 2. The van der Waals surface area contributed by atoms with Crippen molar-refractivity contribution in [3.63, 3.8) is 0 Å². The van der Waals surface area contributed by atoms with Gasteiger partial charge in [-0.25, -0.2) is 0 Å². The molecule has 1 aliphatic heterocycles. The van der Waals surface area contributed by atoms with E-state index in [4.69, 9.17) is 10.00 Å². The molecule has 0 radical (unpaired) electrons. The van der Waals surface area contributed by atoms with Gasteiger partial charge in [0.1, 0.15) is 5.54 Å². The van der Waals surface area contributed by atoms with Crippen molar-refractivity contribution in [2.75, 3.05) is 26.7 Å². The van der Waals surface area contributed by atoms with Crippen molar-refractivity contribution < 1.29 is 4.74 Å². The van der Waals surface area contributed by atoms with E-state index >= 15 is 0 Å². The zero-order chi connectivity index (χ0) is 13.6. The normalized spacial score (nSPS) is 28.6. The van der Waals surface area contributed by atoms with Crippen LogP contribution in [0.1, 0.15) is 40.0 Å². The van der Waals surface area contributed by atoms with Crippen molar-refractivity contribution >= 4 is 0 Å². The smallest absolute Gasteiger partial charge is 0.103 e. The van der Waals surface area contributed by atoms with E-state index < -0.39 is 0 Å². The van der Waals surface area contributed by atoms with Gasteiger partial charge in [-0.15, -0.1) is 0 Å². The quantitative estimate of drug-likeness (QED) is 0.783. The molecule has 1 aliphatic rings. The molecule has 0 amide bonds. The number of nitrogens with one attached hydrogen (secondary N) is 1. The van der Waals surface area contributed by atoms with Crippen LogP contribution in [0.4, 0.5) is 0 Å². The maximum Gasteiger partial charge on any atom is 0.103 e. The van der Waals surface area contributed by atoms with Gasteiger partial charge in [0, 0.05) is 12.6 Å². The molecule has 0 saturated carbocycles. The second-order valence-corrected chi connectivity index (χ2v) is 5.50. The van der Waals surface area contributed by atoms with Crippen molar-refractivity contribution in [1.82, 2.24) is 10.2 Å². The molecule has 3 atom stereocenters. The van der Waals surface area contributed by atoms with Gasteiger partial charge in [0.2, 0.25) is 0 Å². The Hall–Kier alpha value is -0.630. The summed E-state index contributed by atoms with van der Waals surface area (Å²) in [6.07, 6.45) is 3.41. The van der Waals surface area contributed by atoms with Gasteiger partial charge in [-0.2, -0.15) is 5.26 Å². The second kappa shape index (κ2) is 7.08. The highest BCUT2D eigenvalue weighted by atomic mass is 16.5. The molecule has 0 bridgehead atoms. The summed E-state index contributed by atoms with van der Waals surface area (Å²) in [6, 6.07) is 2.89. The number of ether oxygens (including phenoxy) is 1. The van der Waals surface area contributed by atoms with Crippen LogP contribution in [-0.4, -0.2) is 49.3 Å². The summed E-state index contributed by atoms with van der Waals surface area (Å²) in [5, 5.41) is 12.2. The van der Waals surface area contributed by atoms with Gasteiger partial charge in [0.25, 0.3) is 0 Å². The zero-order valence-electron chi connectivity index (χ0n) is 12.2. The van der Waals surface area contributed by atoms with Crippen molar-refractivity contribution in [2.24, 2.45) is 0 Å². The Morgan fingerprint density at radius 1 is 1.56 bits per heavy atom. The average Bonchev–Trinajstić information content (AvgIpc) is 2.39. The van der Waals surface area contributed by atoms with E-state index in [0.29, 0.717) is 12.1 Å². The molecule has 1 fully saturated rings. The lowest BCUT2D eigenvalue weighted by atomic mass is 9.97. The molecule has 1 N–H and O–H groups in total. The third-order valence-corrected chi connectivity index (χ3v) is 3.97. The monoisotopic (exact) mass is 253 g/mol. The molecule has 4 nitrogen and oxygen atoms in total. The Balaban J connectivity index is 2.39. The van der Waals surface area contributed by atoms with E-state index in [-0.39, 0.29) is 5.54 Å². The predicted octanol–water partition coefficient (Wildman–Crippen LogP) is 1.77. The van der Waals surface area contributed by atoms with Crippen LogP contribution < -0.4 is 5.32 Å². The summed E-state index contributed by atoms with van der Waals surface area (Å²) >= 11 is 0. The van der Waals surface area contributed by atoms with Gasteiger partial charge < -0.3 is 10.1 Å². The van der Waals surface area contributed by atoms with Crippen LogP contribution in [0.15, 0.2) is 0 Å². The van der Waals surface area contributed by atoms with Crippen LogP contribution in [0.2, 0.25) is 0 Å². The average molecular weight is 253 g/mol. The number of hydrogen-bond donors (Lipinski definition) is 1. The topological polar surface area (TPSA) is 48.3 Å². The molecule has 0 aromatic carbocycles. The largest absolute Gasteiger partial charge is 0.376 e. The molecular formula is C14H27N3O. The molecule has 1 heterocycles. The van der Waals surface area contributed by atoms with Crippen LogP contribution in [-0.2, 0) is 4.74 Å². The third-order valence-electron chi connectivity index (χ3n) is 3.97. The minimum absolute atomic E-state index is 0.333. The molecule has 1 saturated heterocycles. The first-order valence-corrected chi connectivity index (χ1v) is 7.00. The minimum atomic E-state index is -0.389. The van der Waals surface area contributed by atoms with Crippen LogP contribution in [0.25, 0.3) is 0 Å². The van der Waals surface area contributed by atoms with Crippen LogP contribution in [0.5, 0.6) is 0 Å². The Labute approximate surface area is 111 Å². The number of morpholine rings is 1. The fourth-order valence-electron chi connectivity index (χ4n) is 2.44. The molecule has 18 heavy (non-hydrogen) atoms. The molecule has 0 aliphatic carbocycles. The summed E-state index contributed by atoms with van der Waals surface area (Å²) in [7, 11) is 1.86. The van der Waals surface area contributed by atoms with Crippen molar-refractivity contribution in [2.45, 2.75) is 57.7 Å². The first-order chi connectivity index (χ1) is 8.54. The summed E-state index contributed by atoms with van der Waals surface area (Å²) in [6.45, 7) is 9.23. The molecule has 1 rings (SSSR count). The molecule has 0 spiro atoms. The Morgan fingerprint density at radius 2 is 2.28 bits per heavy atom. The molecule has 0 aromatic rings. The fraction of sp³-hybridized carbons (Fsp3) is 0.929. The molecule has 0 aromatic heterocycles. The third kappa shape index (κ3) is 4.24. The maximum absolute atomic E-state index is 9.12. The summed E-state index contributed by atoms with van der Waals surface area (Å²) in [5.74, 6) is 0. The highest BCUT2D eigenvalue weighted by Crippen LogP contribution is 2.17. The van der Waals surface area contributed by atoms with Gasteiger partial charge in [-0.3, -0.25) is 4.90 Å². The molecular weight excluding hydrogens is 226 g/mol. The van der Waals surface area contributed by atoms with Gasteiger partial charge in [0.05, 0.1) is 18.8 Å². The van der Waals surface area contributed by atoms with Crippen molar-refractivity contribution in [3.8, 4) is 6.07 Å². The number of hydrogen-bond acceptors (Lipinski definition) is 4. The molecule has 3 unspecified atom stereocenters. The van der Waals surface area contributed by atoms with Gasteiger partial charge in [-0.1, -0.05) is 6.92 Å². The Kier molecular flexibility index (Phi) is 6.07. The Bertz CT molecular complexity index is 289. The van der Waals surface area contributed by atoms with E-state index in [1.54, 1.807) is 0 Å². The van der Waals surface area contributed by atoms with E-state index in [9.17, 15) is 0 Å². The van der Waals surface area contributed by atoms with Gasteiger partial charge in [-0.05, 0) is 46.7 Å². The van der Waals surface area contributed by atoms with E-state index in [1.807, 2.05) is 14.0 Å². The van der Waals surface area contributed by atoms with E-state index in [2.05, 4.69) is 30.1 Å². The summed E-state index contributed by atoms with van der Waals surface area (Å²) in [5.41, 5.74) is -0.389. The first kappa shape index (κ1) is 15.4. The fourth-order valence-corrected chi connectivity index (χ4v) is 2.44. The summed E-state index contributed by atoms with van der Waals surface area (Å²) < 4.78 is 5.69.